The Morgan fingerprint density at radius 3 is 0.935 bits per heavy atom. The van der Waals surface area contributed by atoms with E-state index >= 15 is 0 Å². The quantitative estimate of drug-likeness (QED) is 0.110. The zero-order valence-electron chi connectivity index (χ0n) is 47.2. The standard InChI is InChI=1S/C12H9Br3N2O2.C12H7Cl3N2O3.2C12H9Cl3N2O.C11H6Cl4N2O/c1-18-9-5-2-8(3-6-9)4-7-10-16-17-11(19-10)12(13,14)15;13-12(14,15)11-17-16-10(20-11)4-2-7-1-3-8-9(5-7)19-6-18-8;2*1-8-2-4-9(5-3-8)6-7-10-16-17-11(18-10)12(13,14)15;12-8-4-1-7(2-5-8)3-6-9-16-17-10(18-9)11(13,14)15/h2-7H,1H3;1-5H,6H2;2*2-7H,1H3;1-6H/b7-4+;4-2+;2*7-6+;6-3+. The maximum absolute atomic E-state index is 5.77. The van der Waals surface area contributed by atoms with Gasteiger partial charge in [-0.15, -0.1) is 51.0 Å². The zero-order valence-corrected chi connectivity index (χ0v) is 61.8. The van der Waals surface area contributed by atoms with Crippen LogP contribution in [0.3, 0.4) is 0 Å². The average molecular weight is 1720 g/mol. The van der Waals surface area contributed by atoms with Gasteiger partial charge in [0.1, 0.15) is 5.75 Å². The highest BCUT2D eigenvalue weighted by molar-refractivity contribution is 9.38. The first-order chi connectivity index (χ1) is 43.9. The number of methoxy groups -OCH3 is 1. The van der Waals surface area contributed by atoms with E-state index in [0.29, 0.717) is 22.6 Å². The molecule has 486 valence electrons. The third-order valence-corrected chi connectivity index (χ3v) is 14.3. The summed E-state index contributed by atoms with van der Waals surface area (Å²) in [5, 5.41) is 38.1. The molecule has 1 aliphatic heterocycles. The van der Waals surface area contributed by atoms with Crippen LogP contribution in [0.15, 0.2) is 137 Å². The molecular formula is C59H40Br3Cl13N10O8. The normalized spacial score (nSPS) is 12.6. The molecule has 0 N–H and O–H groups in total. The molecule has 0 aliphatic carbocycles. The van der Waals surface area contributed by atoms with Gasteiger partial charge in [0.05, 0.1) is 7.11 Å². The lowest BCUT2D eigenvalue weighted by Gasteiger charge is -2.03. The maximum Gasteiger partial charge on any atom is 0.268 e. The Morgan fingerprint density at radius 2 is 0.634 bits per heavy atom. The Bertz CT molecular complexity index is 3910. The maximum atomic E-state index is 5.77. The van der Waals surface area contributed by atoms with Gasteiger partial charge in [-0.3, -0.25) is 0 Å². The summed E-state index contributed by atoms with van der Waals surface area (Å²) in [5.74, 6) is 3.89. The highest BCUT2D eigenvalue weighted by atomic mass is 80.0. The van der Waals surface area contributed by atoms with Crippen molar-refractivity contribution in [3.05, 3.63) is 218 Å². The molecule has 0 spiro atoms. The molecule has 0 radical (unpaired) electrons. The van der Waals surface area contributed by atoms with Gasteiger partial charge >= 0.3 is 0 Å². The Labute approximate surface area is 620 Å². The Hall–Kier alpha value is -4.89. The van der Waals surface area contributed by atoms with Crippen molar-refractivity contribution in [3.63, 3.8) is 0 Å². The van der Waals surface area contributed by atoms with Gasteiger partial charge in [0.2, 0.25) is 38.4 Å². The molecule has 34 heteroatoms. The molecule has 0 fully saturated rings. The van der Waals surface area contributed by atoms with Crippen molar-refractivity contribution in [2.24, 2.45) is 0 Å². The predicted octanol–water partition coefficient (Wildman–Crippen LogP) is 21.8. The van der Waals surface area contributed by atoms with Crippen molar-refractivity contribution < 1.29 is 36.3 Å². The van der Waals surface area contributed by atoms with Crippen LogP contribution >= 0.6 is 199 Å². The Morgan fingerprint density at radius 1 is 0.355 bits per heavy atom. The second kappa shape index (κ2) is 34.9. The van der Waals surface area contributed by atoms with Gasteiger partial charge in [-0.1, -0.05) is 241 Å². The minimum absolute atomic E-state index is 0.0453. The van der Waals surface area contributed by atoms with Crippen LogP contribution in [0.5, 0.6) is 17.2 Å². The van der Waals surface area contributed by atoms with E-state index < -0.39 is 17.3 Å². The Kier molecular flexibility index (Phi) is 28.3. The molecule has 0 saturated carbocycles. The van der Waals surface area contributed by atoms with Crippen LogP contribution < -0.4 is 14.2 Å². The summed E-state index contributed by atoms with van der Waals surface area (Å²) in [7, 11) is 1.64. The van der Waals surface area contributed by atoms with Crippen LogP contribution in [-0.2, 0) is 17.3 Å². The summed E-state index contributed by atoms with van der Waals surface area (Å²) in [6.07, 6.45) is 17.4. The number of halogens is 16. The fraction of sp³-hybridized carbons (Fsp3) is 0.153. The third kappa shape index (κ3) is 25.9. The highest BCUT2D eigenvalue weighted by Gasteiger charge is 2.33. The molecule has 5 aromatic heterocycles. The summed E-state index contributed by atoms with van der Waals surface area (Å²) in [6.45, 7) is 4.29. The number of aryl methyl sites for hydroxylation is 2. The monoisotopic (exact) mass is 1710 g/mol. The second-order valence-electron chi connectivity index (χ2n) is 18.1. The lowest BCUT2D eigenvalue weighted by atomic mass is 10.1. The number of rotatable bonds is 11. The van der Waals surface area contributed by atoms with Gasteiger partial charge in [0, 0.05) is 35.4 Å². The number of ether oxygens (including phenoxy) is 3. The number of fused-ring (bicyclic) bond motifs is 1. The van der Waals surface area contributed by atoms with Crippen LogP contribution in [0.2, 0.25) is 5.02 Å². The molecule has 10 aromatic rings. The van der Waals surface area contributed by atoms with Crippen molar-refractivity contribution in [1.82, 2.24) is 51.0 Å². The topological polar surface area (TPSA) is 222 Å². The molecule has 5 aromatic carbocycles. The van der Waals surface area contributed by atoms with E-state index in [1.54, 1.807) is 61.8 Å². The van der Waals surface area contributed by atoms with Crippen LogP contribution in [0.25, 0.3) is 60.8 Å². The van der Waals surface area contributed by atoms with E-state index in [1.165, 1.54) is 11.1 Å². The predicted molar refractivity (Wildman–Crippen MR) is 381 cm³/mol. The van der Waals surface area contributed by atoms with E-state index in [0.717, 1.165) is 39.3 Å². The molecule has 6 heterocycles. The van der Waals surface area contributed by atoms with Gasteiger partial charge < -0.3 is 36.3 Å². The van der Waals surface area contributed by atoms with Crippen molar-refractivity contribution in [3.8, 4) is 17.2 Å². The minimum Gasteiger partial charge on any atom is -0.497 e. The summed E-state index contributed by atoms with van der Waals surface area (Å²) < 4.78 is 34.3. The lowest BCUT2D eigenvalue weighted by Crippen LogP contribution is -1.99. The smallest absolute Gasteiger partial charge is 0.268 e. The molecule has 0 amide bonds. The number of hydrogen-bond acceptors (Lipinski definition) is 18. The van der Waals surface area contributed by atoms with Gasteiger partial charge in [-0.2, -0.15) is 0 Å². The SMILES string of the molecule is COc1ccc(/C=C/c2nnc(C(Br)(Br)Br)o2)cc1.Cc1ccc(/C=C/c2nnc(C(Cl)(Cl)Cl)o2)cc1.Cc1ccc(/C=C/c2nnc(C(Cl)(Cl)Cl)o2)cc1.ClC(Cl)(Cl)c1nnc(/C=C/c2ccc3c(c2)OCO3)o1.Clc1ccc(/C=C/c2nnc(C(Cl)(Cl)Cl)o2)cc1. The van der Waals surface area contributed by atoms with Gasteiger partial charge in [-0.25, -0.2) is 0 Å². The molecule has 1 aliphatic rings. The van der Waals surface area contributed by atoms with E-state index in [-0.39, 0.29) is 53.9 Å². The van der Waals surface area contributed by atoms with E-state index in [2.05, 4.69) is 98.8 Å². The second-order valence-corrected chi connectivity index (χ2v) is 34.5. The van der Waals surface area contributed by atoms with Gasteiger partial charge in [0.25, 0.3) is 44.6 Å². The van der Waals surface area contributed by atoms with E-state index in [4.69, 9.17) is 187 Å². The highest BCUT2D eigenvalue weighted by Crippen LogP contribution is 2.44. The number of alkyl halides is 15. The molecule has 11 rings (SSSR count). The number of nitrogens with zero attached hydrogens (tertiary/aromatic N) is 10. The fourth-order valence-electron chi connectivity index (χ4n) is 6.58. The molecule has 0 atom stereocenters. The summed E-state index contributed by atoms with van der Waals surface area (Å²) in [4.78, 5) is 0. The fourth-order valence-corrected chi connectivity index (χ4v) is 8.10. The third-order valence-electron chi connectivity index (χ3n) is 11.0. The summed E-state index contributed by atoms with van der Waals surface area (Å²) >= 11 is 83.1. The van der Waals surface area contributed by atoms with Gasteiger partial charge in [0.15, 0.2) is 11.5 Å². The van der Waals surface area contributed by atoms with E-state index in [9.17, 15) is 0 Å². The molecular weight excluding hydrogens is 1680 g/mol. The molecule has 0 bridgehead atoms. The van der Waals surface area contributed by atoms with Crippen LogP contribution in [-0.4, -0.2) is 64.9 Å². The lowest BCUT2D eigenvalue weighted by molar-refractivity contribution is 0.174. The number of benzene rings is 5. The van der Waals surface area contributed by atoms with Crippen molar-refractivity contribution in [2.45, 2.75) is 31.2 Å². The van der Waals surface area contributed by atoms with E-state index in [1.807, 2.05) is 135 Å². The summed E-state index contributed by atoms with van der Waals surface area (Å²) in [6, 6.07) is 36.4. The first kappa shape index (κ1) is 75.5. The Balaban J connectivity index is 0.000000165. The average Bonchev–Trinajstić information content (AvgIpc) is 1.81. The minimum atomic E-state index is -1.72. The van der Waals surface area contributed by atoms with Crippen molar-refractivity contribution in [2.75, 3.05) is 13.9 Å². The summed E-state index contributed by atoms with van der Waals surface area (Å²) in [5.41, 5.74) is 7.29. The van der Waals surface area contributed by atoms with Gasteiger partial charge in [-0.05, 0) is 156 Å². The van der Waals surface area contributed by atoms with Crippen LogP contribution in [0, 0.1) is 13.8 Å². The largest absolute Gasteiger partial charge is 0.497 e. The van der Waals surface area contributed by atoms with Crippen LogP contribution in [0.4, 0.5) is 0 Å². The molecule has 93 heavy (non-hydrogen) atoms. The molecule has 0 unspecified atom stereocenters. The molecule has 0 saturated heterocycles. The van der Waals surface area contributed by atoms with Crippen molar-refractivity contribution in [1.29, 1.82) is 0 Å². The number of hydrogen-bond donors (Lipinski definition) is 0. The van der Waals surface area contributed by atoms with Crippen molar-refractivity contribution >= 4 is 259 Å². The number of aromatic nitrogens is 10. The van der Waals surface area contributed by atoms with Crippen LogP contribution in [0.1, 0.15) is 97.9 Å². The first-order valence-corrected chi connectivity index (χ1v) is 33.0. The molecule has 18 nitrogen and oxygen atoms in total. The zero-order chi connectivity index (χ0) is 67.6. The first-order valence-electron chi connectivity index (χ1n) is 25.7.